The van der Waals surface area contributed by atoms with Crippen molar-refractivity contribution in [2.24, 2.45) is 11.8 Å². The SMILES string of the molecule is CC/C=C/CCOC(=O)C1CC=CCC1C(=O)OCC/C=C/CC. The second-order valence-corrected chi connectivity index (χ2v) is 5.83. The highest BCUT2D eigenvalue weighted by Crippen LogP contribution is 2.28. The Morgan fingerprint density at radius 2 is 1.25 bits per heavy atom. The second-order valence-electron chi connectivity index (χ2n) is 5.83. The van der Waals surface area contributed by atoms with E-state index in [0.717, 1.165) is 12.8 Å². The van der Waals surface area contributed by atoms with Crippen LogP contribution in [0.25, 0.3) is 0 Å². The van der Waals surface area contributed by atoms with Gasteiger partial charge in [0.2, 0.25) is 0 Å². The van der Waals surface area contributed by atoms with Crippen LogP contribution in [0, 0.1) is 11.8 Å². The van der Waals surface area contributed by atoms with Crippen LogP contribution in [0.4, 0.5) is 0 Å². The van der Waals surface area contributed by atoms with E-state index in [0.29, 0.717) is 38.9 Å². The molecule has 1 aliphatic rings. The van der Waals surface area contributed by atoms with Gasteiger partial charge in [0.1, 0.15) is 0 Å². The van der Waals surface area contributed by atoms with Crippen LogP contribution in [0.5, 0.6) is 0 Å². The maximum absolute atomic E-state index is 12.3. The molecule has 0 spiro atoms. The minimum atomic E-state index is -0.427. The van der Waals surface area contributed by atoms with Crippen LogP contribution in [0.15, 0.2) is 36.5 Å². The highest BCUT2D eigenvalue weighted by molar-refractivity contribution is 5.82. The molecule has 0 amide bonds. The highest BCUT2D eigenvalue weighted by atomic mass is 16.5. The maximum atomic E-state index is 12.3. The topological polar surface area (TPSA) is 52.6 Å². The molecule has 0 radical (unpaired) electrons. The molecule has 0 heterocycles. The molecule has 0 aromatic heterocycles. The molecule has 1 rings (SSSR count). The number of esters is 2. The Morgan fingerprint density at radius 1 is 0.833 bits per heavy atom. The van der Waals surface area contributed by atoms with Gasteiger partial charge in [-0.15, -0.1) is 0 Å². The number of hydrogen-bond donors (Lipinski definition) is 0. The summed E-state index contributed by atoms with van der Waals surface area (Å²) < 4.78 is 10.6. The zero-order valence-electron chi connectivity index (χ0n) is 14.9. The van der Waals surface area contributed by atoms with Gasteiger partial charge in [-0.05, 0) is 38.5 Å². The summed E-state index contributed by atoms with van der Waals surface area (Å²) in [4.78, 5) is 24.5. The van der Waals surface area contributed by atoms with Gasteiger partial charge < -0.3 is 9.47 Å². The molecule has 0 aromatic carbocycles. The molecule has 24 heavy (non-hydrogen) atoms. The Balaban J connectivity index is 2.44. The molecule has 2 atom stereocenters. The molecule has 2 unspecified atom stereocenters. The first-order chi connectivity index (χ1) is 11.7. The van der Waals surface area contributed by atoms with Crippen LogP contribution in [0.2, 0.25) is 0 Å². The van der Waals surface area contributed by atoms with Crippen molar-refractivity contribution in [2.45, 2.75) is 52.4 Å². The van der Waals surface area contributed by atoms with Crippen molar-refractivity contribution >= 4 is 11.9 Å². The molecule has 4 nitrogen and oxygen atoms in total. The lowest BCUT2D eigenvalue weighted by atomic mass is 9.83. The third-order valence-corrected chi connectivity index (χ3v) is 3.90. The first-order valence-corrected chi connectivity index (χ1v) is 8.98. The van der Waals surface area contributed by atoms with Gasteiger partial charge in [0, 0.05) is 0 Å². The fraction of sp³-hybridized carbons (Fsp3) is 0.600. The Hall–Kier alpha value is -1.84. The van der Waals surface area contributed by atoms with Gasteiger partial charge in [0.15, 0.2) is 0 Å². The number of carbonyl (C=O) groups excluding carboxylic acids is 2. The van der Waals surface area contributed by atoms with E-state index in [4.69, 9.17) is 9.47 Å². The fourth-order valence-corrected chi connectivity index (χ4v) is 2.57. The monoisotopic (exact) mass is 334 g/mol. The molecule has 0 fully saturated rings. The molecule has 4 heteroatoms. The first-order valence-electron chi connectivity index (χ1n) is 8.98. The van der Waals surface area contributed by atoms with Crippen LogP contribution in [-0.4, -0.2) is 25.2 Å². The minimum absolute atomic E-state index is 0.294. The van der Waals surface area contributed by atoms with Crippen molar-refractivity contribution in [2.75, 3.05) is 13.2 Å². The van der Waals surface area contributed by atoms with Gasteiger partial charge in [-0.25, -0.2) is 0 Å². The van der Waals surface area contributed by atoms with E-state index < -0.39 is 11.8 Å². The molecule has 0 N–H and O–H groups in total. The molecule has 0 aromatic rings. The largest absolute Gasteiger partial charge is 0.465 e. The molecule has 0 bridgehead atoms. The zero-order valence-corrected chi connectivity index (χ0v) is 14.9. The number of rotatable bonds is 10. The van der Waals surface area contributed by atoms with Gasteiger partial charge in [0.25, 0.3) is 0 Å². The molecule has 134 valence electrons. The quantitative estimate of drug-likeness (QED) is 0.338. The maximum Gasteiger partial charge on any atom is 0.310 e. The number of allylic oxidation sites excluding steroid dienone is 4. The lowest BCUT2D eigenvalue weighted by molar-refractivity contribution is -0.160. The summed E-state index contributed by atoms with van der Waals surface area (Å²) in [5.74, 6) is -1.44. The second kappa shape index (κ2) is 12.6. The molecule has 0 aliphatic heterocycles. The van der Waals surface area contributed by atoms with Crippen molar-refractivity contribution < 1.29 is 19.1 Å². The average Bonchev–Trinajstić information content (AvgIpc) is 2.61. The molecule has 0 saturated carbocycles. The molecular formula is C20H30O4. The van der Waals surface area contributed by atoms with Crippen molar-refractivity contribution in [3.05, 3.63) is 36.5 Å². The van der Waals surface area contributed by atoms with Crippen LogP contribution >= 0.6 is 0 Å². The predicted molar refractivity (Wildman–Crippen MR) is 95.4 cm³/mol. The van der Waals surface area contributed by atoms with E-state index in [2.05, 4.69) is 13.8 Å². The van der Waals surface area contributed by atoms with Crippen LogP contribution in [0.1, 0.15) is 52.4 Å². The van der Waals surface area contributed by atoms with Crippen LogP contribution in [-0.2, 0) is 19.1 Å². The molecule has 1 aliphatic carbocycles. The summed E-state index contributed by atoms with van der Waals surface area (Å²) in [5.41, 5.74) is 0. The van der Waals surface area contributed by atoms with Crippen LogP contribution < -0.4 is 0 Å². The van der Waals surface area contributed by atoms with E-state index in [1.54, 1.807) is 0 Å². The standard InChI is InChI=1S/C20H30O4/c1-3-5-7-11-15-23-19(21)17-13-9-10-14-18(17)20(22)24-16-12-8-6-4-2/h5-10,17-18H,3-4,11-16H2,1-2H3/b7-5+,8-6+. The van der Waals surface area contributed by atoms with Gasteiger partial charge in [-0.3, -0.25) is 9.59 Å². The van der Waals surface area contributed by atoms with E-state index in [1.165, 1.54) is 0 Å². The van der Waals surface area contributed by atoms with E-state index >= 15 is 0 Å². The number of ether oxygens (including phenoxy) is 2. The van der Waals surface area contributed by atoms with Crippen LogP contribution in [0.3, 0.4) is 0 Å². The number of hydrogen-bond acceptors (Lipinski definition) is 4. The summed E-state index contributed by atoms with van der Waals surface area (Å²) in [7, 11) is 0. The van der Waals surface area contributed by atoms with Gasteiger partial charge in [-0.1, -0.05) is 50.3 Å². The Morgan fingerprint density at radius 3 is 1.62 bits per heavy atom. The van der Waals surface area contributed by atoms with E-state index in [9.17, 15) is 9.59 Å². The lowest BCUT2D eigenvalue weighted by Gasteiger charge is -2.25. The van der Waals surface area contributed by atoms with Crippen molar-refractivity contribution in [1.29, 1.82) is 0 Å². The average molecular weight is 334 g/mol. The van der Waals surface area contributed by atoms with Crippen molar-refractivity contribution in [3.63, 3.8) is 0 Å². The molecule has 0 saturated heterocycles. The first kappa shape index (κ1) is 20.2. The summed E-state index contributed by atoms with van der Waals surface area (Å²) in [6, 6.07) is 0. The number of carbonyl (C=O) groups is 2. The third-order valence-electron chi connectivity index (χ3n) is 3.90. The normalized spacial score (nSPS) is 20.6. The van der Waals surface area contributed by atoms with Gasteiger partial charge in [0.05, 0.1) is 25.0 Å². The smallest absolute Gasteiger partial charge is 0.310 e. The zero-order chi connectivity index (χ0) is 17.6. The minimum Gasteiger partial charge on any atom is -0.465 e. The van der Waals surface area contributed by atoms with Gasteiger partial charge in [-0.2, -0.15) is 0 Å². The van der Waals surface area contributed by atoms with Crippen molar-refractivity contribution in [3.8, 4) is 0 Å². The van der Waals surface area contributed by atoms with E-state index in [-0.39, 0.29) is 11.9 Å². The summed E-state index contributed by atoms with van der Waals surface area (Å²) >= 11 is 0. The third kappa shape index (κ3) is 7.62. The Labute approximate surface area is 145 Å². The summed E-state index contributed by atoms with van der Waals surface area (Å²) in [5, 5.41) is 0. The Bertz CT molecular complexity index is 420. The highest BCUT2D eigenvalue weighted by Gasteiger charge is 2.36. The summed E-state index contributed by atoms with van der Waals surface area (Å²) in [6.07, 6.45) is 16.4. The lowest BCUT2D eigenvalue weighted by Crippen LogP contribution is -2.34. The van der Waals surface area contributed by atoms with E-state index in [1.807, 2.05) is 36.5 Å². The predicted octanol–water partition coefficient (Wildman–Crippen LogP) is 4.37. The Kier molecular flexibility index (Phi) is 10.6. The van der Waals surface area contributed by atoms with Gasteiger partial charge >= 0.3 is 11.9 Å². The molecular weight excluding hydrogens is 304 g/mol. The summed E-state index contributed by atoms with van der Waals surface area (Å²) in [6.45, 7) is 4.84. The van der Waals surface area contributed by atoms with Crippen molar-refractivity contribution in [1.82, 2.24) is 0 Å². The fourth-order valence-electron chi connectivity index (χ4n) is 2.57.